The number of carbonyl (C=O) groups excluding carboxylic acids is 2. The summed E-state index contributed by atoms with van der Waals surface area (Å²) >= 11 is 0. The number of benzene rings is 1. The molecule has 1 saturated heterocycles. The number of hydrogen-bond acceptors (Lipinski definition) is 7. The number of alkyl halides is 2. The van der Waals surface area contributed by atoms with E-state index in [4.69, 9.17) is 0 Å². The Hall–Kier alpha value is -3.53. The highest BCUT2D eigenvalue weighted by molar-refractivity contribution is 7.71. The number of aryl methyl sites for hydroxylation is 1. The van der Waals surface area contributed by atoms with Crippen LogP contribution in [-0.4, -0.2) is 75.6 Å². The number of aromatic nitrogens is 3. The molecule has 0 unspecified atom stereocenters. The van der Waals surface area contributed by atoms with Gasteiger partial charge in [0.1, 0.15) is 30.0 Å². The van der Waals surface area contributed by atoms with Gasteiger partial charge in [0.2, 0.25) is 11.8 Å². The van der Waals surface area contributed by atoms with Crippen molar-refractivity contribution in [2.24, 2.45) is 0 Å². The normalized spacial score (nSPS) is 16.1. The van der Waals surface area contributed by atoms with Crippen LogP contribution in [0.25, 0.3) is 10.9 Å². The molecular weight excluding hydrogens is 544 g/mol. The second-order valence-electron chi connectivity index (χ2n) is 10.2. The molecule has 1 atom stereocenters. The van der Waals surface area contributed by atoms with Crippen molar-refractivity contribution in [2.75, 3.05) is 44.3 Å². The predicted molar refractivity (Wildman–Crippen MR) is 147 cm³/mol. The number of rotatable bonds is 7. The van der Waals surface area contributed by atoms with Gasteiger partial charge in [-0.25, -0.2) is 14.4 Å². The van der Waals surface area contributed by atoms with E-state index in [1.165, 1.54) is 32.3 Å². The van der Waals surface area contributed by atoms with Crippen LogP contribution in [-0.2, 0) is 20.1 Å². The van der Waals surface area contributed by atoms with Crippen LogP contribution in [0.5, 0.6) is 0 Å². The van der Waals surface area contributed by atoms with Crippen molar-refractivity contribution >= 4 is 41.1 Å². The van der Waals surface area contributed by atoms with Gasteiger partial charge < -0.3 is 19.7 Å². The average molecular weight is 577 g/mol. The Morgan fingerprint density at radius 3 is 2.50 bits per heavy atom. The van der Waals surface area contributed by atoms with Gasteiger partial charge in [-0.2, -0.15) is 8.78 Å². The molecule has 1 aromatic carbocycles. The molecule has 0 bridgehead atoms. The molecule has 0 saturated carbocycles. The van der Waals surface area contributed by atoms with Gasteiger partial charge in [-0.15, -0.1) is 0 Å². The molecule has 1 fully saturated rings. The van der Waals surface area contributed by atoms with Crippen molar-refractivity contribution in [2.45, 2.75) is 39.7 Å². The highest BCUT2D eigenvalue weighted by Crippen LogP contribution is 2.46. The average Bonchev–Trinajstić information content (AvgIpc) is 2.88. The number of amides is 2. The van der Waals surface area contributed by atoms with Crippen molar-refractivity contribution in [3.8, 4) is 0 Å². The zero-order valence-corrected chi connectivity index (χ0v) is 23.9. The molecule has 0 spiro atoms. The van der Waals surface area contributed by atoms with Gasteiger partial charge >= 0.3 is 0 Å². The van der Waals surface area contributed by atoms with E-state index >= 15 is 4.39 Å². The Balaban J connectivity index is 1.66. The smallest absolute Gasteiger partial charge is 0.293 e. The summed E-state index contributed by atoms with van der Waals surface area (Å²) in [4.78, 5) is 39.0. The summed E-state index contributed by atoms with van der Waals surface area (Å²) in [5.41, 5.74) is 0.0597. The fourth-order valence-corrected chi connectivity index (χ4v) is 7.19. The van der Waals surface area contributed by atoms with Crippen molar-refractivity contribution in [1.29, 1.82) is 0 Å². The number of carbonyl (C=O) groups is 2. The summed E-state index contributed by atoms with van der Waals surface area (Å²) in [5, 5.41) is 3.63. The maximum absolute atomic E-state index is 15.5. The van der Waals surface area contributed by atoms with Crippen molar-refractivity contribution in [3.05, 3.63) is 53.2 Å². The van der Waals surface area contributed by atoms with Crippen LogP contribution < -0.4 is 10.8 Å². The molecule has 2 amide bonds. The number of pyridine rings is 1. The van der Waals surface area contributed by atoms with E-state index in [2.05, 4.69) is 20.3 Å². The zero-order chi connectivity index (χ0) is 29.4. The standard InChI is InChI=1S/C27H32F3N6O3P/c1-16(20-7-6-8-22(25(20)28)27(29,30)15-35(5)18(3)37)32-26-21-13-24(31-14-23(21)33-17(2)34-26)40(39)11-9-36(10-12-40)19(4)38/h6-8,13-14,16H,9-12,15H2,1-5H3,(H,32,33,34)/t16-/m1/s1. The third kappa shape index (κ3) is 5.96. The van der Waals surface area contributed by atoms with Gasteiger partial charge in [0, 0.05) is 57.3 Å². The molecule has 0 radical (unpaired) electrons. The van der Waals surface area contributed by atoms with Crippen LogP contribution in [0.3, 0.4) is 0 Å². The van der Waals surface area contributed by atoms with Crippen LogP contribution in [0.2, 0.25) is 0 Å². The van der Waals surface area contributed by atoms with Gasteiger partial charge in [-0.1, -0.05) is 12.1 Å². The minimum absolute atomic E-state index is 0.00857. The molecule has 4 rings (SSSR count). The first-order valence-electron chi connectivity index (χ1n) is 12.9. The van der Waals surface area contributed by atoms with E-state index < -0.39 is 42.9 Å². The molecule has 214 valence electrons. The van der Waals surface area contributed by atoms with Crippen LogP contribution in [0, 0.1) is 12.7 Å². The SMILES string of the molecule is CC(=O)N(C)CC(F)(F)c1cccc([C@@H](C)Nc2nc(C)nc3cnc(P4(=O)CCN(C(C)=O)CC4)cc23)c1F. The molecule has 13 heteroatoms. The Labute approximate surface area is 230 Å². The number of nitrogens with one attached hydrogen (secondary N) is 1. The molecule has 9 nitrogen and oxygen atoms in total. The molecular formula is C27H32F3N6O3P. The van der Waals surface area contributed by atoms with E-state index in [0.717, 1.165) is 17.9 Å². The lowest BCUT2D eigenvalue weighted by molar-refractivity contribution is -0.133. The Kier molecular flexibility index (Phi) is 8.21. The fraction of sp³-hybridized carbons (Fsp3) is 0.444. The van der Waals surface area contributed by atoms with Gasteiger partial charge in [0.15, 0.2) is 0 Å². The summed E-state index contributed by atoms with van der Waals surface area (Å²) in [6.07, 6.45) is 2.13. The summed E-state index contributed by atoms with van der Waals surface area (Å²) in [6.45, 7) is 5.73. The highest BCUT2D eigenvalue weighted by atomic mass is 31.2. The zero-order valence-electron chi connectivity index (χ0n) is 23.0. The quantitative estimate of drug-likeness (QED) is 0.423. The lowest BCUT2D eigenvalue weighted by atomic mass is 9.99. The fourth-order valence-electron chi connectivity index (χ4n) is 4.75. The van der Waals surface area contributed by atoms with E-state index in [-0.39, 0.29) is 11.5 Å². The predicted octanol–water partition coefficient (Wildman–Crippen LogP) is 4.07. The minimum atomic E-state index is -3.61. The van der Waals surface area contributed by atoms with E-state index in [1.54, 1.807) is 24.8 Å². The van der Waals surface area contributed by atoms with Crippen LogP contribution >= 0.6 is 7.14 Å². The van der Waals surface area contributed by atoms with Crippen molar-refractivity contribution < 1.29 is 27.3 Å². The van der Waals surface area contributed by atoms with Crippen molar-refractivity contribution in [3.63, 3.8) is 0 Å². The Morgan fingerprint density at radius 2 is 1.88 bits per heavy atom. The maximum Gasteiger partial charge on any atom is 0.293 e. The Bertz CT molecular complexity index is 1510. The van der Waals surface area contributed by atoms with E-state index in [1.807, 2.05) is 0 Å². The first-order valence-corrected chi connectivity index (χ1v) is 14.9. The molecule has 3 aromatic rings. The monoisotopic (exact) mass is 576 g/mol. The number of anilines is 1. The molecule has 1 aliphatic rings. The maximum atomic E-state index is 15.5. The molecule has 0 aliphatic carbocycles. The first kappa shape index (κ1) is 29.5. The minimum Gasteiger partial charge on any atom is -0.363 e. The third-order valence-corrected chi connectivity index (χ3v) is 10.1. The second kappa shape index (κ2) is 11.2. The number of nitrogens with zero attached hydrogens (tertiary/aromatic N) is 5. The van der Waals surface area contributed by atoms with Crippen molar-refractivity contribution in [1.82, 2.24) is 24.8 Å². The summed E-state index contributed by atoms with van der Waals surface area (Å²) in [6, 6.07) is 4.64. The van der Waals surface area contributed by atoms with Gasteiger partial charge in [-0.05, 0) is 26.0 Å². The van der Waals surface area contributed by atoms with Crippen LogP contribution in [0.15, 0.2) is 30.5 Å². The summed E-state index contributed by atoms with van der Waals surface area (Å²) < 4.78 is 59.1. The number of fused-ring (bicyclic) bond motifs is 1. The highest BCUT2D eigenvalue weighted by Gasteiger charge is 2.38. The van der Waals surface area contributed by atoms with Crippen LogP contribution in [0.1, 0.15) is 43.8 Å². The largest absolute Gasteiger partial charge is 0.363 e. The number of halogens is 3. The lowest BCUT2D eigenvalue weighted by Crippen LogP contribution is -2.40. The molecule has 40 heavy (non-hydrogen) atoms. The second-order valence-corrected chi connectivity index (χ2v) is 13.3. The molecule has 3 heterocycles. The van der Waals surface area contributed by atoms with Gasteiger partial charge in [0.05, 0.1) is 29.9 Å². The van der Waals surface area contributed by atoms with Crippen LogP contribution in [0.4, 0.5) is 19.0 Å². The van der Waals surface area contributed by atoms with E-state index in [0.29, 0.717) is 53.4 Å². The number of likely N-dealkylation sites (N-methyl/N-ethyl adjacent to an activating group) is 1. The van der Waals surface area contributed by atoms with Gasteiger partial charge in [-0.3, -0.25) is 14.6 Å². The molecule has 1 N–H and O–H groups in total. The summed E-state index contributed by atoms with van der Waals surface area (Å²) in [7, 11) is -1.65. The molecule has 2 aromatic heterocycles. The third-order valence-electron chi connectivity index (χ3n) is 7.22. The molecule has 1 aliphatic heterocycles. The van der Waals surface area contributed by atoms with E-state index in [9.17, 15) is 22.9 Å². The number of hydrogen-bond donors (Lipinski definition) is 1. The first-order chi connectivity index (χ1) is 18.7. The van der Waals surface area contributed by atoms with Gasteiger partial charge in [0.25, 0.3) is 5.92 Å². The topological polar surface area (TPSA) is 108 Å². The Morgan fingerprint density at radius 1 is 1.20 bits per heavy atom. The summed E-state index contributed by atoms with van der Waals surface area (Å²) in [5.74, 6) is -4.58. The lowest BCUT2D eigenvalue weighted by Gasteiger charge is -2.31.